The zero-order valence-electron chi connectivity index (χ0n) is 6.45. The molecule has 0 bridgehead atoms. The molecule has 0 radical (unpaired) electrons. The van der Waals surface area contributed by atoms with Crippen LogP contribution < -0.4 is 5.73 Å². The minimum absolute atomic E-state index is 0.646. The molecule has 12 heavy (non-hydrogen) atoms. The van der Waals surface area contributed by atoms with Gasteiger partial charge in [-0.05, 0) is 15.9 Å². The van der Waals surface area contributed by atoms with E-state index in [4.69, 9.17) is 5.73 Å². The van der Waals surface area contributed by atoms with Gasteiger partial charge in [-0.25, -0.2) is 0 Å². The molecule has 2 aromatic heterocycles. The maximum atomic E-state index is 5.72. The summed E-state index contributed by atoms with van der Waals surface area (Å²) in [6.07, 6.45) is 3.36. The molecule has 0 aliphatic rings. The van der Waals surface area contributed by atoms with Crippen LogP contribution in [-0.2, 0) is 7.05 Å². The quantitative estimate of drug-likeness (QED) is 0.738. The highest BCUT2D eigenvalue weighted by atomic mass is 79.9. The Morgan fingerprint density at radius 1 is 1.50 bits per heavy atom. The number of hydrogen-bond acceptors (Lipinski definition) is 3. The van der Waals surface area contributed by atoms with Crippen molar-refractivity contribution in [2.45, 2.75) is 0 Å². The van der Waals surface area contributed by atoms with E-state index in [1.54, 1.807) is 17.1 Å². The first-order valence-electron chi connectivity index (χ1n) is 3.42. The Labute approximate surface area is 77.5 Å². The molecule has 0 fully saturated rings. The Bertz CT molecular complexity index is 434. The number of rotatable bonds is 0. The average molecular weight is 227 g/mol. The van der Waals surface area contributed by atoms with Crippen molar-refractivity contribution < 1.29 is 0 Å². The first-order valence-corrected chi connectivity index (χ1v) is 4.21. The van der Waals surface area contributed by atoms with Crippen LogP contribution in [0.3, 0.4) is 0 Å². The first-order chi connectivity index (χ1) is 5.70. The summed E-state index contributed by atoms with van der Waals surface area (Å²) in [5.74, 6) is 0. The van der Waals surface area contributed by atoms with Gasteiger partial charge < -0.3 is 5.73 Å². The van der Waals surface area contributed by atoms with E-state index in [1.807, 2.05) is 7.05 Å². The van der Waals surface area contributed by atoms with Gasteiger partial charge >= 0.3 is 0 Å². The average Bonchev–Trinajstić information content (AvgIpc) is 2.29. The lowest BCUT2D eigenvalue weighted by Gasteiger charge is -1.94. The Morgan fingerprint density at radius 2 is 2.25 bits per heavy atom. The summed E-state index contributed by atoms with van der Waals surface area (Å²) in [4.78, 5) is 3.98. The third-order valence-corrected chi connectivity index (χ3v) is 2.30. The zero-order valence-corrected chi connectivity index (χ0v) is 8.04. The zero-order chi connectivity index (χ0) is 8.72. The van der Waals surface area contributed by atoms with Crippen molar-refractivity contribution in [1.82, 2.24) is 14.8 Å². The normalized spacial score (nSPS) is 10.8. The van der Waals surface area contributed by atoms with Crippen LogP contribution in [0.4, 0.5) is 5.69 Å². The highest BCUT2D eigenvalue weighted by Gasteiger charge is 2.08. The minimum Gasteiger partial charge on any atom is -0.397 e. The number of nitrogen functional groups attached to an aromatic ring is 1. The topological polar surface area (TPSA) is 56.7 Å². The van der Waals surface area contributed by atoms with Crippen molar-refractivity contribution in [2.24, 2.45) is 7.05 Å². The summed E-state index contributed by atoms with van der Waals surface area (Å²) in [5.41, 5.74) is 7.30. The van der Waals surface area contributed by atoms with Crippen molar-refractivity contribution in [3.63, 3.8) is 0 Å². The number of nitrogens with two attached hydrogens (primary N) is 1. The molecule has 0 spiro atoms. The molecule has 0 amide bonds. The lowest BCUT2D eigenvalue weighted by atomic mass is 10.3. The molecule has 5 heteroatoms. The maximum absolute atomic E-state index is 5.72. The summed E-state index contributed by atoms with van der Waals surface area (Å²) in [6, 6.07) is 0. The molecule has 0 aromatic carbocycles. The van der Waals surface area contributed by atoms with Gasteiger partial charge in [0.05, 0.1) is 29.0 Å². The van der Waals surface area contributed by atoms with Crippen LogP contribution >= 0.6 is 15.9 Å². The molecule has 0 saturated carbocycles. The molecule has 62 valence electrons. The van der Waals surface area contributed by atoms with Crippen molar-refractivity contribution in [2.75, 3.05) is 5.73 Å². The smallest absolute Gasteiger partial charge is 0.138 e. The van der Waals surface area contributed by atoms with E-state index >= 15 is 0 Å². The van der Waals surface area contributed by atoms with Crippen LogP contribution in [0.2, 0.25) is 0 Å². The van der Waals surface area contributed by atoms with E-state index in [1.165, 1.54) is 0 Å². The van der Waals surface area contributed by atoms with Gasteiger partial charge in [-0.15, -0.1) is 0 Å². The van der Waals surface area contributed by atoms with Gasteiger partial charge in [0, 0.05) is 7.05 Å². The standard InChI is InChI=1S/C7H7BrN4/c1-12-5-3-10-2-4(9)6(5)7(8)11-12/h2-3H,9H2,1H3. The highest BCUT2D eigenvalue weighted by molar-refractivity contribution is 9.10. The van der Waals surface area contributed by atoms with Gasteiger partial charge in [0.15, 0.2) is 0 Å². The fraction of sp³-hybridized carbons (Fsp3) is 0.143. The van der Waals surface area contributed by atoms with Gasteiger partial charge in [-0.3, -0.25) is 9.67 Å². The van der Waals surface area contributed by atoms with Crippen LogP contribution in [0.1, 0.15) is 0 Å². The third kappa shape index (κ3) is 0.896. The van der Waals surface area contributed by atoms with E-state index < -0.39 is 0 Å². The second-order valence-corrected chi connectivity index (χ2v) is 3.29. The number of hydrogen-bond donors (Lipinski definition) is 1. The number of aromatic nitrogens is 3. The number of aryl methyl sites for hydroxylation is 1. The van der Waals surface area contributed by atoms with Crippen molar-refractivity contribution in [1.29, 1.82) is 0 Å². The molecular weight excluding hydrogens is 220 g/mol. The van der Waals surface area contributed by atoms with E-state index in [-0.39, 0.29) is 0 Å². The number of halogens is 1. The van der Waals surface area contributed by atoms with Crippen LogP contribution in [0.25, 0.3) is 10.9 Å². The fourth-order valence-corrected chi connectivity index (χ4v) is 1.84. The molecule has 2 N–H and O–H groups in total. The lowest BCUT2D eigenvalue weighted by Crippen LogP contribution is -1.91. The van der Waals surface area contributed by atoms with Crippen LogP contribution in [0, 0.1) is 0 Å². The van der Waals surface area contributed by atoms with Crippen molar-refractivity contribution in [3.8, 4) is 0 Å². The molecular formula is C7H7BrN4. The molecule has 0 aliphatic carbocycles. The SMILES string of the molecule is Cn1nc(Br)c2c(N)cncc21. The monoisotopic (exact) mass is 226 g/mol. The first kappa shape index (κ1) is 7.54. The third-order valence-electron chi connectivity index (χ3n) is 1.75. The summed E-state index contributed by atoms with van der Waals surface area (Å²) in [5, 5.41) is 5.09. The van der Waals surface area contributed by atoms with Gasteiger partial charge in [-0.2, -0.15) is 5.10 Å². The molecule has 0 aliphatic heterocycles. The van der Waals surface area contributed by atoms with Crippen molar-refractivity contribution in [3.05, 3.63) is 17.0 Å². The highest BCUT2D eigenvalue weighted by Crippen LogP contribution is 2.26. The van der Waals surface area contributed by atoms with Crippen LogP contribution in [0.15, 0.2) is 17.0 Å². The predicted molar refractivity (Wildman–Crippen MR) is 50.6 cm³/mol. The summed E-state index contributed by atoms with van der Waals surface area (Å²) < 4.78 is 2.50. The van der Waals surface area contributed by atoms with Gasteiger partial charge in [0.1, 0.15) is 4.60 Å². The van der Waals surface area contributed by atoms with Gasteiger partial charge in [0.25, 0.3) is 0 Å². The van der Waals surface area contributed by atoms with Crippen molar-refractivity contribution >= 4 is 32.5 Å². The van der Waals surface area contributed by atoms with E-state index in [9.17, 15) is 0 Å². The Kier molecular flexibility index (Phi) is 1.54. The predicted octanol–water partition coefficient (Wildman–Crippen LogP) is 1.31. The second-order valence-electron chi connectivity index (χ2n) is 2.54. The van der Waals surface area contributed by atoms with Crippen LogP contribution in [-0.4, -0.2) is 14.8 Å². The fourth-order valence-electron chi connectivity index (χ4n) is 1.17. The maximum Gasteiger partial charge on any atom is 0.138 e. The van der Waals surface area contributed by atoms with E-state index in [0.29, 0.717) is 5.69 Å². The van der Waals surface area contributed by atoms with Gasteiger partial charge in [-0.1, -0.05) is 0 Å². The number of pyridine rings is 1. The molecule has 2 rings (SSSR count). The van der Waals surface area contributed by atoms with Crippen LogP contribution in [0.5, 0.6) is 0 Å². The second kappa shape index (κ2) is 2.45. The lowest BCUT2D eigenvalue weighted by molar-refractivity contribution is 0.787. The number of nitrogens with zero attached hydrogens (tertiary/aromatic N) is 3. The Morgan fingerprint density at radius 3 is 2.92 bits per heavy atom. The number of fused-ring (bicyclic) bond motifs is 1. The number of anilines is 1. The minimum atomic E-state index is 0.646. The van der Waals surface area contributed by atoms with E-state index in [2.05, 4.69) is 26.0 Å². The Balaban J connectivity index is 2.99. The summed E-state index contributed by atoms with van der Waals surface area (Å²) in [6.45, 7) is 0. The van der Waals surface area contributed by atoms with Gasteiger partial charge in [0.2, 0.25) is 0 Å². The summed E-state index contributed by atoms with van der Waals surface area (Å²) >= 11 is 3.33. The summed E-state index contributed by atoms with van der Waals surface area (Å²) in [7, 11) is 1.86. The molecule has 0 saturated heterocycles. The molecule has 2 heterocycles. The molecule has 4 nitrogen and oxygen atoms in total. The molecule has 2 aromatic rings. The van der Waals surface area contributed by atoms with E-state index in [0.717, 1.165) is 15.5 Å². The molecule has 0 unspecified atom stereocenters. The largest absolute Gasteiger partial charge is 0.397 e. The Hall–Kier alpha value is -1.10. The molecule has 0 atom stereocenters.